The van der Waals surface area contributed by atoms with Crippen LogP contribution in [0.3, 0.4) is 0 Å². The summed E-state index contributed by atoms with van der Waals surface area (Å²) in [7, 11) is 0. The second kappa shape index (κ2) is 6.77. The second-order valence-electron chi connectivity index (χ2n) is 8.00. The fourth-order valence-corrected chi connectivity index (χ4v) is 4.55. The Labute approximate surface area is 149 Å². The molecule has 5 heteroatoms. The summed E-state index contributed by atoms with van der Waals surface area (Å²) < 4.78 is 0. The van der Waals surface area contributed by atoms with E-state index in [1.807, 2.05) is 23.1 Å². The lowest BCUT2D eigenvalue weighted by Gasteiger charge is -2.42. The third-order valence-electron chi connectivity index (χ3n) is 6.29. The Balaban J connectivity index is 1.39. The van der Waals surface area contributed by atoms with Gasteiger partial charge >= 0.3 is 0 Å². The van der Waals surface area contributed by atoms with E-state index in [9.17, 15) is 9.59 Å². The molecule has 0 N–H and O–H groups in total. The summed E-state index contributed by atoms with van der Waals surface area (Å²) in [6, 6.07) is 5.65. The van der Waals surface area contributed by atoms with Gasteiger partial charge < -0.3 is 9.80 Å². The van der Waals surface area contributed by atoms with E-state index in [1.54, 1.807) is 6.20 Å². The molecule has 1 spiro atoms. The van der Waals surface area contributed by atoms with Gasteiger partial charge in [0, 0.05) is 38.1 Å². The first-order valence-electron chi connectivity index (χ1n) is 9.63. The first-order chi connectivity index (χ1) is 12.2. The highest BCUT2D eigenvalue weighted by atomic mass is 16.2. The van der Waals surface area contributed by atoms with Crippen LogP contribution in [0.15, 0.2) is 24.4 Å². The number of carbonyl (C=O) groups excluding carboxylic acids is 2. The standard InChI is InChI=1S/C20H27N3O2/c24-18(13-17-7-1-2-10-21-17)23-12-9-20(15-23)8-4-11-22(19(20)25)14-16-5-3-6-16/h1-2,7,10,16H,3-6,8-9,11-15H2/t20-/m1/s1. The average Bonchev–Trinajstić information content (AvgIpc) is 3.01. The SMILES string of the molecule is O=C(Cc1ccccn1)N1CC[C@]2(CCCN(CC3CCC3)C2=O)C1. The Hall–Kier alpha value is -1.91. The van der Waals surface area contributed by atoms with E-state index < -0.39 is 0 Å². The van der Waals surface area contributed by atoms with Crippen LogP contribution in [0.4, 0.5) is 0 Å². The lowest BCUT2D eigenvalue weighted by molar-refractivity contribution is -0.147. The van der Waals surface area contributed by atoms with E-state index in [-0.39, 0.29) is 11.3 Å². The minimum absolute atomic E-state index is 0.0968. The summed E-state index contributed by atoms with van der Waals surface area (Å²) in [6.07, 6.45) is 8.72. The van der Waals surface area contributed by atoms with Crippen molar-refractivity contribution in [2.75, 3.05) is 26.2 Å². The monoisotopic (exact) mass is 341 g/mol. The number of carbonyl (C=O) groups is 2. The zero-order valence-electron chi connectivity index (χ0n) is 14.8. The first kappa shape index (κ1) is 16.6. The Morgan fingerprint density at radius 1 is 1.20 bits per heavy atom. The van der Waals surface area contributed by atoms with Gasteiger partial charge in [0.2, 0.25) is 11.8 Å². The number of amides is 2. The maximum absolute atomic E-state index is 13.1. The number of hydrogen-bond acceptors (Lipinski definition) is 3. The van der Waals surface area contributed by atoms with Crippen molar-refractivity contribution >= 4 is 11.8 Å². The quantitative estimate of drug-likeness (QED) is 0.844. The molecule has 2 saturated heterocycles. The summed E-state index contributed by atoms with van der Waals surface area (Å²) in [5, 5.41) is 0. The van der Waals surface area contributed by atoms with Crippen LogP contribution in [0.1, 0.15) is 44.2 Å². The highest BCUT2D eigenvalue weighted by molar-refractivity contribution is 5.86. The van der Waals surface area contributed by atoms with Gasteiger partial charge in [-0.05, 0) is 50.2 Å². The topological polar surface area (TPSA) is 53.5 Å². The molecular formula is C20H27N3O2. The molecular weight excluding hydrogens is 314 g/mol. The summed E-state index contributed by atoms with van der Waals surface area (Å²) >= 11 is 0. The molecule has 1 aromatic rings. The average molecular weight is 341 g/mol. The maximum atomic E-state index is 13.1. The van der Waals surface area contributed by atoms with Gasteiger partial charge in [-0.1, -0.05) is 12.5 Å². The van der Waals surface area contributed by atoms with Crippen LogP contribution < -0.4 is 0 Å². The zero-order valence-corrected chi connectivity index (χ0v) is 14.8. The summed E-state index contributed by atoms with van der Waals surface area (Å²) in [5.41, 5.74) is 0.483. The van der Waals surface area contributed by atoms with Crippen LogP contribution in [0.25, 0.3) is 0 Å². The predicted molar refractivity (Wildman–Crippen MR) is 94.7 cm³/mol. The molecule has 1 aromatic heterocycles. The molecule has 3 heterocycles. The maximum Gasteiger partial charge on any atom is 0.230 e. The highest BCUT2D eigenvalue weighted by Crippen LogP contribution is 2.41. The molecule has 1 aliphatic carbocycles. The lowest BCUT2D eigenvalue weighted by Crippen LogP contribution is -2.52. The molecule has 1 atom stereocenters. The summed E-state index contributed by atoms with van der Waals surface area (Å²) in [4.78, 5) is 34.0. The fraction of sp³-hybridized carbons (Fsp3) is 0.650. The van der Waals surface area contributed by atoms with Gasteiger partial charge in [-0.2, -0.15) is 0 Å². The van der Waals surface area contributed by atoms with Crippen molar-refractivity contribution in [1.82, 2.24) is 14.8 Å². The Morgan fingerprint density at radius 3 is 2.80 bits per heavy atom. The molecule has 2 amide bonds. The van der Waals surface area contributed by atoms with Crippen molar-refractivity contribution in [2.24, 2.45) is 11.3 Å². The molecule has 0 unspecified atom stereocenters. The molecule has 3 fully saturated rings. The molecule has 134 valence electrons. The highest BCUT2D eigenvalue weighted by Gasteiger charge is 2.49. The van der Waals surface area contributed by atoms with E-state index in [4.69, 9.17) is 0 Å². The first-order valence-corrected chi connectivity index (χ1v) is 9.63. The van der Waals surface area contributed by atoms with Gasteiger partial charge in [0.15, 0.2) is 0 Å². The molecule has 25 heavy (non-hydrogen) atoms. The predicted octanol–water partition coefficient (Wildman–Crippen LogP) is 2.27. The van der Waals surface area contributed by atoms with Gasteiger partial charge in [-0.15, -0.1) is 0 Å². The van der Waals surface area contributed by atoms with Crippen LogP contribution in [-0.4, -0.2) is 52.8 Å². The summed E-state index contributed by atoms with van der Waals surface area (Å²) in [6.45, 7) is 3.13. The van der Waals surface area contributed by atoms with Gasteiger partial charge in [0.1, 0.15) is 0 Å². The minimum Gasteiger partial charge on any atom is -0.342 e. The second-order valence-corrected chi connectivity index (χ2v) is 8.00. The number of pyridine rings is 1. The molecule has 2 aliphatic heterocycles. The molecule has 5 nitrogen and oxygen atoms in total. The van der Waals surface area contributed by atoms with Crippen LogP contribution in [0.5, 0.6) is 0 Å². The van der Waals surface area contributed by atoms with Crippen molar-refractivity contribution in [2.45, 2.75) is 44.9 Å². The van der Waals surface area contributed by atoms with Crippen molar-refractivity contribution < 1.29 is 9.59 Å². The summed E-state index contributed by atoms with van der Waals surface area (Å²) in [5.74, 6) is 1.11. The van der Waals surface area contributed by atoms with E-state index in [2.05, 4.69) is 9.88 Å². The number of piperidine rings is 1. The van der Waals surface area contributed by atoms with E-state index in [0.29, 0.717) is 31.3 Å². The van der Waals surface area contributed by atoms with Gasteiger partial charge in [0.25, 0.3) is 0 Å². The Kier molecular flexibility index (Phi) is 4.48. The van der Waals surface area contributed by atoms with Crippen molar-refractivity contribution in [3.8, 4) is 0 Å². The molecule has 0 bridgehead atoms. The number of hydrogen-bond donors (Lipinski definition) is 0. The minimum atomic E-state index is -0.318. The Bertz CT molecular complexity index is 644. The number of aromatic nitrogens is 1. The largest absolute Gasteiger partial charge is 0.342 e. The van der Waals surface area contributed by atoms with Crippen molar-refractivity contribution in [1.29, 1.82) is 0 Å². The molecule has 3 aliphatic rings. The van der Waals surface area contributed by atoms with Gasteiger partial charge in [-0.25, -0.2) is 0 Å². The smallest absolute Gasteiger partial charge is 0.230 e. The molecule has 4 rings (SSSR count). The molecule has 1 saturated carbocycles. The van der Waals surface area contributed by atoms with E-state index >= 15 is 0 Å². The Morgan fingerprint density at radius 2 is 2.08 bits per heavy atom. The van der Waals surface area contributed by atoms with Crippen LogP contribution in [-0.2, 0) is 16.0 Å². The van der Waals surface area contributed by atoms with Crippen molar-refractivity contribution in [3.63, 3.8) is 0 Å². The molecule has 0 radical (unpaired) electrons. The van der Waals surface area contributed by atoms with Crippen LogP contribution in [0, 0.1) is 11.3 Å². The van der Waals surface area contributed by atoms with E-state index in [0.717, 1.165) is 38.0 Å². The third-order valence-corrected chi connectivity index (χ3v) is 6.29. The number of likely N-dealkylation sites (tertiary alicyclic amines) is 2. The number of rotatable bonds is 4. The van der Waals surface area contributed by atoms with Gasteiger partial charge in [-0.3, -0.25) is 14.6 Å². The normalized spacial score (nSPS) is 27.0. The zero-order chi connectivity index (χ0) is 17.3. The number of nitrogens with zero attached hydrogens (tertiary/aromatic N) is 3. The van der Waals surface area contributed by atoms with Crippen LogP contribution >= 0.6 is 0 Å². The van der Waals surface area contributed by atoms with Crippen LogP contribution in [0.2, 0.25) is 0 Å². The lowest BCUT2D eigenvalue weighted by atomic mass is 9.77. The third kappa shape index (κ3) is 3.29. The van der Waals surface area contributed by atoms with E-state index in [1.165, 1.54) is 19.3 Å². The molecule has 0 aromatic carbocycles. The van der Waals surface area contributed by atoms with Crippen molar-refractivity contribution in [3.05, 3.63) is 30.1 Å². The fourth-order valence-electron chi connectivity index (χ4n) is 4.55. The van der Waals surface area contributed by atoms with Gasteiger partial charge in [0.05, 0.1) is 11.8 Å².